The van der Waals surface area contributed by atoms with Crippen molar-refractivity contribution in [3.8, 4) is 56.3 Å². The second-order valence-corrected chi connectivity index (χ2v) is 34.7. The summed E-state index contributed by atoms with van der Waals surface area (Å²) < 4.78 is 131. The normalized spacial score (nSPS) is 19.5. The average molecular weight is 1960 g/mol. The van der Waals surface area contributed by atoms with Crippen molar-refractivity contribution in [2.24, 2.45) is 0 Å². The van der Waals surface area contributed by atoms with Crippen molar-refractivity contribution in [2.75, 3.05) is 32.7 Å². The van der Waals surface area contributed by atoms with Crippen molar-refractivity contribution in [1.29, 1.82) is 0 Å². The average Bonchev–Trinajstić information content (AvgIpc) is 1.58. The molecule has 10 amide bonds. The molecule has 10 atom stereocenters. The predicted octanol–water partition coefficient (Wildman–Crippen LogP) is 10.00. The van der Waals surface area contributed by atoms with Crippen LogP contribution in [0.2, 0.25) is 0 Å². The monoisotopic (exact) mass is 1960 g/mol. The fourth-order valence-electron chi connectivity index (χ4n) is 17.9. The predicted molar refractivity (Wildman–Crippen MR) is 519 cm³/mol. The van der Waals surface area contributed by atoms with Gasteiger partial charge in [-0.3, -0.25) is 47.9 Å². The molecule has 5 fully saturated rings. The maximum atomic E-state index is 14.5. The van der Waals surface area contributed by atoms with Crippen LogP contribution in [0.3, 0.4) is 0 Å². The van der Waals surface area contributed by atoms with E-state index >= 15 is 0 Å². The van der Waals surface area contributed by atoms with Gasteiger partial charge in [0.2, 0.25) is 59.1 Å². The van der Waals surface area contributed by atoms with Crippen molar-refractivity contribution in [2.45, 2.75) is 132 Å². The minimum atomic E-state index is -3.39. The Kier molecular flexibility index (Phi) is 29.5. The minimum Gasteiger partial charge on any atom is -0.389 e. The molecule has 5 saturated heterocycles. The SMILES string of the molecule is Cc1c(F)ccc2c(CCC(=O)N[C@@H]3C(=O)NC[C@H]3O)c(-c3ccccc3)[nH]c12.O=C(CCc1c(-c2ccc(F)cc2)[nH]c2ccccc12)N[C@@H]1C(=O)NC[C@H]1O.O=C(CCc1c(-c2ccccc2)[nH]c2cc(F)cc(F)c12)N[C@@H]1C(=O)NC[C@H]1O.O=C(CCc1c(-c2ccccc2)[nH]c2ccccc12)N[C@@H]1C(=O)NC[C@H]1O.[2H]C([2H])(C(=O)N[C@@H]1C(=O)NC[C@H]1O)C([2H])([2H])c1c(-c2ccc(F)cc2)[nH]c2c(F)cc(F)cc12. The van der Waals surface area contributed by atoms with Crippen LogP contribution >= 0.6 is 0 Å². The van der Waals surface area contributed by atoms with E-state index in [1.165, 1.54) is 36.4 Å². The van der Waals surface area contributed by atoms with Crippen molar-refractivity contribution in [3.63, 3.8) is 0 Å². The summed E-state index contributed by atoms with van der Waals surface area (Å²) in [4.78, 5) is 137. The molecular weight excluding hydrogens is 1860 g/mol. The number of para-hydroxylation sites is 2. The van der Waals surface area contributed by atoms with Crippen LogP contribution in [0.1, 0.15) is 70.9 Å². The van der Waals surface area contributed by atoms with Gasteiger partial charge in [0.1, 0.15) is 101 Å². The molecule has 20 N–H and O–H groups in total. The number of aliphatic hydroxyl groups excluding tert-OH is 5. The zero-order chi connectivity index (χ0) is 105. The molecule has 0 aliphatic carbocycles. The van der Waals surface area contributed by atoms with Crippen LogP contribution in [0.5, 0.6) is 0 Å². The topological polar surface area (TPSA) is 471 Å². The second-order valence-electron chi connectivity index (χ2n) is 34.7. The number of halogens is 7. The number of H-pyrrole nitrogens is 5. The van der Waals surface area contributed by atoms with Crippen molar-refractivity contribution < 1.29 is 110 Å². The number of aromatic nitrogens is 5. The molecule has 20 rings (SSSR count). The summed E-state index contributed by atoms with van der Waals surface area (Å²) in [6.45, 7) is 2.07. The number of nitrogens with one attached hydrogen (secondary N) is 15. The molecule has 0 spiro atoms. The quantitative estimate of drug-likeness (QED) is 0.0237. The van der Waals surface area contributed by atoms with Crippen LogP contribution in [-0.2, 0) is 80.0 Å². The maximum absolute atomic E-state index is 14.5. The number of rotatable bonds is 25. The van der Waals surface area contributed by atoms with E-state index in [9.17, 15) is 104 Å². The van der Waals surface area contributed by atoms with E-state index in [-0.39, 0.29) is 139 Å². The Morgan fingerprint density at radius 2 is 0.622 bits per heavy atom. The zero-order valence-electron chi connectivity index (χ0n) is 80.3. The number of aliphatic hydroxyl groups is 5. The van der Waals surface area contributed by atoms with Crippen molar-refractivity contribution in [3.05, 3.63) is 299 Å². The molecule has 0 radical (unpaired) electrons. The molecule has 0 bridgehead atoms. The van der Waals surface area contributed by atoms with E-state index in [1.807, 2.05) is 145 Å². The molecule has 0 unspecified atom stereocenters. The molecule has 15 aromatic rings. The Bertz CT molecular complexity index is 7470. The highest BCUT2D eigenvalue weighted by atomic mass is 19.2. The molecule has 10 heterocycles. The molecule has 5 aliphatic rings. The maximum Gasteiger partial charge on any atom is 0.245 e. The van der Waals surface area contributed by atoms with Crippen LogP contribution in [-0.4, -0.2) is 203 Å². The van der Waals surface area contributed by atoms with Crippen LogP contribution in [0.4, 0.5) is 30.7 Å². The molecule has 738 valence electrons. The lowest BCUT2D eigenvalue weighted by Gasteiger charge is -2.14. The third kappa shape index (κ3) is 23.2. The first-order valence-electron chi connectivity index (χ1n) is 47.8. The third-order valence-corrected chi connectivity index (χ3v) is 25.1. The van der Waals surface area contributed by atoms with Gasteiger partial charge in [0, 0.05) is 154 Å². The first-order valence-corrected chi connectivity index (χ1v) is 45.8. The number of hydrogen-bond acceptors (Lipinski definition) is 15. The number of fused-ring (bicyclic) bond motifs is 5. The largest absolute Gasteiger partial charge is 0.389 e. The Labute approximate surface area is 816 Å². The zero-order valence-corrected chi connectivity index (χ0v) is 76.3. The molecule has 5 aliphatic heterocycles. The van der Waals surface area contributed by atoms with Gasteiger partial charge in [-0.25, -0.2) is 30.7 Å². The smallest absolute Gasteiger partial charge is 0.245 e. The number of β-amino-alcohol motifs (C(OH)–C–C–N with tert-alkyl or cyclic N) is 5. The highest BCUT2D eigenvalue weighted by Gasteiger charge is 2.40. The van der Waals surface area contributed by atoms with Gasteiger partial charge in [-0.15, -0.1) is 0 Å². The Morgan fingerprint density at radius 3 is 1.01 bits per heavy atom. The van der Waals surface area contributed by atoms with E-state index in [2.05, 4.69) is 72.8 Å². The van der Waals surface area contributed by atoms with E-state index in [0.717, 1.165) is 107 Å². The molecule has 143 heavy (non-hydrogen) atoms. The van der Waals surface area contributed by atoms with Crippen LogP contribution < -0.4 is 53.2 Å². The lowest BCUT2D eigenvalue weighted by atomic mass is 10.00. The Hall–Kier alpha value is -16.1. The van der Waals surface area contributed by atoms with Crippen molar-refractivity contribution in [1.82, 2.24) is 78.1 Å². The van der Waals surface area contributed by atoms with E-state index in [1.54, 1.807) is 25.1 Å². The molecule has 30 nitrogen and oxygen atoms in total. The summed E-state index contributed by atoms with van der Waals surface area (Å²) in [6.07, 6.45) is -9.62. The first kappa shape index (κ1) is 94.5. The lowest BCUT2D eigenvalue weighted by Crippen LogP contribution is -2.45. The summed E-state index contributed by atoms with van der Waals surface area (Å²) in [5, 5.41) is 76.5. The number of aryl methyl sites for hydroxylation is 6. The molecule has 0 saturated carbocycles. The number of carbonyl (C=O) groups is 10. The summed E-state index contributed by atoms with van der Waals surface area (Å²) in [5.74, 6) is -9.97. The summed E-state index contributed by atoms with van der Waals surface area (Å²) in [6, 6.07) is 56.7. The number of amides is 10. The molecule has 37 heteroatoms. The summed E-state index contributed by atoms with van der Waals surface area (Å²) in [7, 11) is 0. The van der Waals surface area contributed by atoms with Gasteiger partial charge >= 0.3 is 0 Å². The number of carbonyl (C=O) groups excluding carboxylic acids is 10. The van der Waals surface area contributed by atoms with Gasteiger partial charge in [0.05, 0.1) is 16.6 Å². The second kappa shape index (κ2) is 44.6. The van der Waals surface area contributed by atoms with E-state index in [0.29, 0.717) is 53.2 Å². The van der Waals surface area contributed by atoms with Crippen molar-refractivity contribution >= 4 is 114 Å². The summed E-state index contributed by atoms with van der Waals surface area (Å²) in [5.41, 5.74) is 12.9. The van der Waals surface area contributed by atoms with Gasteiger partial charge in [-0.2, -0.15) is 0 Å². The van der Waals surface area contributed by atoms with Crippen LogP contribution in [0.15, 0.2) is 224 Å². The molecule has 10 aromatic carbocycles. The Balaban J connectivity index is 0.000000132. The van der Waals surface area contributed by atoms with Gasteiger partial charge in [-0.1, -0.05) is 127 Å². The first-order chi connectivity index (χ1) is 70.4. The van der Waals surface area contributed by atoms with Gasteiger partial charge in [0.15, 0.2) is 0 Å². The molecule has 5 aromatic heterocycles. The van der Waals surface area contributed by atoms with E-state index in [4.69, 9.17) is 5.48 Å². The Morgan fingerprint density at radius 1 is 0.308 bits per heavy atom. The van der Waals surface area contributed by atoms with Gasteiger partial charge in [-0.05, 0) is 180 Å². The number of hydrogen-bond donors (Lipinski definition) is 20. The highest BCUT2D eigenvalue weighted by Crippen LogP contribution is 2.40. The van der Waals surface area contributed by atoms with Crippen LogP contribution in [0.25, 0.3) is 111 Å². The fraction of sp³-hybridized carbons (Fsp3) is 0.245. The van der Waals surface area contributed by atoms with E-state index < -0.39 is 132 Å². The van der Waals surface area contributed by atoms with Gasteiger partial charge in [0.25, 0.3) is 0 Å². The van der Waals surface area contributed by atoms with Crippen LogP contribution in [0, 0.1) is 47.6 Å². The highest BCUT2D eigenvalue weighted by molar-refractivity contribution is 6.00. The lowest BCUT2D eigenvalue weighted by molar-refractivity contribution is -0.128. The third-order valence-electron chi connectivity index (χ3n) is 25.1. The number of aromatic amines is 5. The number of benzene rings is 10. The standard InChI is InChI=1S/C22H22FN3O3.C21H18F3N3O3.C21H19F2N3O3.C21H20FN3O3.C21H21N3O3/c1-12-16(23)9-7-14-15(20(26-19(12)14)13-5-3-2-4-6-13)8-10-18(28)25-21-17(27)11-24-22(21)29;22-11-3-1-10(2-4-11)18-13(14-7-12(23)8-15(24)19(14)27-18)5-6-17(29)26-20-16(28)9-25-21(20)30;22-12-8-14(23)18-13(6-7-17(28)26-20-16(27)10-24-21(20)29)19(25-15(18)9-12)11-4-2-1-3-5-11;22-13-7-5-12(6-8-13)19-15(14-3-1-2-4-16(14)24-19)9-10-18(27)25-20-17(26)11-23-21(20)28;25-17-12-22-21(27)20(17)24-18(26)11-10-15-14-8-4-5-9-16(14)23-19(15)13-6-2-1-3-7-13/h2-7,9,17,21,26-27H,8,10-11H2,1H3,(H,24,29)(H,25,28);1-4,7-8,16,20,27-28H,5-6,9H2,(H,25,30)(H,26,29);1-5,8-9,16,20,25,27H,6-7,10H2,(H,24,29)(H,26,28);1-8,17,20,24,26H,9-11H2,(H,23,28)(H,25,27);1-9,17,20,23,25H,10-12H2,(H,22,27)(H,24,26)/t17-,21+;2*16-,20+;2*17-,20+/m11111/s1/i;5D2,6D2;;;. The minimum absolute atomic E-state index is 0.0277. The summed E-state index contributed by atoms with van der Waals surface area (Å²) >= 11 is 0. The van der Waals surface area contributed by atoms with Gasteiger partial charge < -0.3 is 104 Å². The fourth-order valence-corrected chi connectivity index (χ4v) is 17.9. The molecular formula is C106H100F7N15O15.